The van der Waals surface area contributed by atoms with E-state index >= 15 is 0 Å². The summed E-state index contributed by atoms with van der Waals surface area (Å²) in [5.74, 6) is -1.48. The van der Waals surface area contributed by atoms with Crippen LogP contribution in [0.3, 0.4) is 0 Å². The predicted octanol–water partition coefficient (Wildman–Crippen LogP) is 4.54. The fourth-order valence-electron chi connectivity index (χ4n) is 4.18. The number of carbonyl (C=O) groups is 2. The van der Waals surface area contributed by atoms with Gasteiger partial charge in [-0.1, -0.05) is 17.4 Å². The van der Waals surface area contributed by atoms with Crippen molar-refractivity contribution >= 4 is 49.8 Å². The Morgan fingerprint density at radius 1 is 1.19 bits per heavy atom. The molecular weight excluding hydrogens is 484 g/mol. The van der Waals surface area contributed by atoms with Crippen molar-refractivity contribution in [3.63, 3.8) is 0 Å². The van der Waals surface area contributed by atoms with Crippen LogP contribution in [0.2, 0.25) is 0 Å². The Kier molecular flexibility index (Phi) is 5.69. The van der Waals surface area contributed by atoms with E-state index in [9.17, 15) is 24.8 Å². The molecule has 4 aromatic rings. The average Bonchev–Trinajstić information content (AvgIpc) is 3.41. The maximum absolute atomic E-state index is 13.3. The number of thiazole rings is 1. The van der Waals surface area contributed by atoms with E-state index < -0.39 is 22.7 Å². The highest BCUT2D eigenvalue weighted by Crippen LogP contribution is 2.44. The number of ketones is 1. The van der Waals surface area contributed by atoms with Crippen LogP contribution in [0.15, 0.2) is 66.5 Å². The van der Waals surface area contributed by atoms with E-state index in [0.717, 1.165) is 16.9 Å². The number of benzene rings is 2. The van der Waals surface area contributed by atoms with Gasteiger partial charge >= 0.3 is 5.91 Å². The number of nitro groups is 1. The molecule has 36 heavy (non-hydrogen) atoms. The molecular formula is C25H18N4O6S. The van der Waals surface area contributed by atoms with Gasteiger partial charge in [0, 0.05) is 30.1 Å². The molecule has 1 aliphatic heterocycles. The fraction of sp³-hybridized carbons (Fsp3) is 0.120. The zero-order valence-electron chi connectivity index (χ0n) is 19.0. The monoisotopic (exact) mass is 502 g/mol. The summed E-state index contributed by atoms with van der Waals surface area (Å²) in [6.45, 7) is 1.80. The van der Waals surface area contributed by atoms with Crippen molar-refractivity contribution in [1.82, 2.24) is 9.97 Å². The second-order valence-corrected chi connectivity index (χ2v) is 9.05. The molecule has 0 radical (unpaired) electrons. The number of Topliss-reactive ketones (excluding diaryl/α,β-unsaturated/α-hetero) is 1. The Morgan fingerprint density at radius 3 is 2.67 bits per heavy atom. The van der Waals surface area contributed by atoms with Gasteiger partial charge in [-0.25, -0.2) is 4.98 Å². The number of carbonyl (C=O) groups excluding carboxylic acids is 2. The van der Waals surface area contributed by atoms with E-state index in [4.69, 9.17) is 4.74 Å². The number of non-ortho nitro benzene ring substituents is 1. The number of aromatic nitrogens is 2. The number of pyridine rings is 1. The number of aliphatic hydroxyl groups excluding tert-OH is 1. The van der Waals surface area contributed by atoms with Gasteiger partial charge in [0.1, 0.15) is 11.5 Å². The molecule has 180 valence electrons. The van der Waals surface area contributed by atoms with Crippen LogP contribution < -0.4 is 9.64 Å². The average molecular weight is 503 g/mol. The Labute approximate surface area is 208 Å². The predicted molar refractivity (Wildman–Crippen MR) is 133 cm³/mol. The van der Waals surface area contributed by atoms with Crippen LogP contribution in [0, 0.1) is 17.0 Å². The van der Waals surface area contributed by atoms with Gasteiger partial charge in [-0.2, -0.15) is 0 Å². The molecule has 3 heterocycles. The van der Waals surface area contributed by atoms with Crippen molar-refractivity contribution in [1.29, 1.82) is 0 Å². The van der Waals surface area contributed by atoms with Crippen molar-refractivity contribution in [2.24, 2.45) is 0 Å². The Bertz CT molecular complexity index is 1580. The molecule has 11 heteroatoms. The van der Waals surface area contributed by atoms with Gasteiger partial charge in [0.05, 0.1) is 33.9 Å². The second kappa shape index (κ2) is 8.86. The zero-order chi connectivity index (χ0) is 25.6. The highest BCUT2D eigenvalue weighted by atomic mass is 32.1. The van der Waals surface area contributed by atoms with Crippen LogP contribution in [0.5, 0.6) is 5.75 Å². The van der Waals surface area contributed by atoms with Crippen LogP contribution in [-0.4, -0.2) is 38.8 Å². The van der Waals surface area contributed by atoms with E-state index in [1.165, 1.54) is 36.4 Å². The van der Waals surface area contributed by atoms with Gasteiger partial charge in [-0.15, -0.1) is 0 Å². The van der Waals surface area contributed by atoms with Crippen LogP contribution in [-0.2, 0) is 9.59 Å². The number of fused-ring (bicyclic) bond motifs is 1. The lowest BCUT2D eigenvalue weighted by molar-refractivity contribution is -0.384. The number of hydrogen-bond acceptors (Lipinski definition) is 9. The van der Waals surface area contributed by atoms with Gasteiger partial charge in [-0.05, 0) is 48.4 Å². The first kappa shape index (κ1) is 23.1. The van der Waals surface area contributed by atoms with Crippen molar-refractivity contribution in [2.45, 2.75) is 13.0 Å². The van der Waals surface area contributed by atoms with E-state index in [0.29, 0.717) is 27.1 Å². The molecule has 1 aliphatic rings. The van der Waals surface area contributed by atoms with Gasteiger partial charge < -0.3 is 9.84 Å². The number of hydrogen-bond donors (Lipinski definition) is 1. The topological polar surface area (TPSA) is 136 Å². The smallest absolute Gasteiger partial charge is 0.301 e. The molecule has 2 aromatic carbocycles. The Balaban J connectivity index is 1.70. The first-order valence-corrected chi connectivity index (χ1v) is 11.5. The number of aliphatic hydroxyl groups is 1. The number of aryl methyl sites for hydroxylation is 1. The zero-order valence-corrected chi connectivity index (χ0v) is 19.9. The molecule has 0 saturated carbocycles. The number of ether oxygens (including phenoxy) is 1. The highest BCUT2D eigenvalue weighted by Gasteiger charge is 2.48. The molecule has 1 unspecified atom stereocenters. The van der Waals surface area contributed by atoms with Crippen molar-refractivity contribution in [2.75, 3.05) is 12.0 Å². The van der Waals surface area contributed by atoms with Gasteiger partial charge in [-0.3, -0.25) is 29.6 Å². The van der Waals surface area contributed by atoms with Crippen LogP contribution in [0.4, 0.5) is 10.8 Å². The lowest BCUT2D eigenvalue weighted by Gasteiger charge is -2.22. The summed E-state index contributed by atoms with van der Waals surface area (Å²) in [5, 5.41) is 22.6. The number of rotatable bonds is 5. The fourth-order valence-corrected chi connectivity index (χ4v) is 5.21. The number of anilines is 1. The van der Waals surface area contributed by atoms with Crippen molar-refractivity contribution in [3.8, 4) is 5.75 Å². The van der Waals surface area contributed by atoms with Crippen LogP contribution >= 0.6 is 11.3 Å². The Hall–Kier alpha value is -4.64. The van der Waals surface area contributed by atoms with E-state index in [2.05, 4.69) is 9.97 Å². The molecule has 0 bridgehead atoms. The summed E-state index contributed by atoms with van der Waals surface area (Å²) in [5.41, 5.74) is 1.80. The summed E-state index contributed by atoms with van der Waals surface area (Å²) >= 11 is 1.04. The highest BCUT2D eigenvalue weighted by molar-refractivity contribution is 7.22. The number of nitro benzene ring substituents is 1. The summed E-state index contributed by atoms with van der Waals surface area (Å²) in [7, 11) is 1.53. The minimum absolute atomic E-state index is 0.109. The van der Waals surface area contributed by atoms with Crippen molar-refractivity contribution < 1.29 is 24.4 Å². The maximum atomic E-state index is 13.3. The molecule has 2 aromatic heterocycles. The largest absolute Gasteiger partial charge is 0.507 e. The standard InChI is InChI=1S/C25H18N4O6S/c1-13-10-14(5-8-18(13)35-2)22(30)20-21(15-4-3-9-26-12-15)28(24(32)23(20)31)25-27-17-7-6-16(29(33)34)11-19(17)36-25/h3-12,21,30H,1-2H3/b22-20+. The SMILES string of the molecule is COc1ccc(/C(O)=C2\C(=O)C(=O)N(c3nc4ccc([N+](=O)[O-])cc4s3)C2c2cccnc2)cc1C. The molecule has 1 N–H and O–H groups in total. The molecule has 1 saturated heterocycles. The van der Waals surface area contributed by atoms with E-state index in [1.807, 2.05) is 0 Å². The summed E-state index contributed by atoms with van der Waals surface area (Å²) in [6.07, 6.45) is 3.06. The molecule has 0 spiro atoms. The summed E-state index contributed by atoms with van der Waals surface area (Å²) in [6, 6.07) is 11.5. The number of methoxy groups -OCH3 is 1. The minimum Gasteiger partial charge on any atom is -0.507 e. The van der Waals surface area contributed by atoms with Crippen LogP contribution in [0.1, 0.15) is 22.7 Å². The third kappa shape index (κ3) is 3.75. The molecule has 0 aliphatic carbocycles. The third-order valence-electron chi connectivity index (χ3n) is 5.89. The van der Waals surface area contributed by atoms with Gasteiger partial charge in [0.15, 0.2) is 5.13 Å². The molecule has 1 fully saturated rings. The quantitative estimate of drug-likeness (QED) is 0.138. The Morgan fingerprint density at radius 2 is 2.00 bits per heavy atom. The van der Waals surface area contributed by atoms with Crippen molar-refractivity contribution in [3.05, 3.63) is 93.3 Å². The minimum atomic E-state index is -1.00. The maximum Gasteiger partial charge on any atom is 0.301 e. The molecule has 1 amide bonds. The summed E-state index contributed by atoms with van der Waals surface area (Å²) < 4.78 is 5.76. The molecule has 5 rings (SSSR count). The van der Waals surface area contributed by atoms with E-state index in [-0.39, 0.29) is 22.2 Å². The molecule has 10 nitrogen and oxygen atoms in total. The lowest BCUT2D eigenvalue weighted by Crippen LogP contribution is -2.29. The molecule has 1 atom stereocenters. The lowest BCUT2D eigenvalue weighted by atomic mass is 9.96. The number of nitrogens with zero attached hydrogens (tertiary/aromatic N) is 4. The summed E-state index contributed by atoms with van der Waals surface area (Å²) in [4.78, 5) is 47.1. The number of amides is 1. The normalized spacial score (nSPS) is 17.1. The van der Waals surface area contributed by atoms with Crippen LogP contribution in [0.25, 0.3) is 16.0 Å². The first-order valence-electron chi connectivity index (χ1n) is 10.7. The van der Waals surface area contributed by atoms with Gasteiger partial charge in [0.25, 0.3) is 11.5 Å². The second-order valence-electron chi connectivity index (χ2n) is 8.05. The van der Waals surface area contributed by atoms with Gasteiger partial charge in [0.2, 0.25) is 0 Å². The first-order chi connectivity index (χ1) is 17.3. The third-order valence-corrected chi connectivity index (χ3v) is 6.91. The van der Waals surface area contributed by atoms with E-state index in [1.54, 1.807) is 43.5 Å².